The Bertz CT molecular complexity index is 920. The van der Waals surface area contributed by atoms with Crippen molar-refractivity contribution >= 4 is 41.5 Å². The zero-order valence-electron chi connectivity index (χ0n) is 19.7. The van der Waals surface area contributed by atoms with Gasteiger partial charge < -0.3 is 20.0 Å². The number of guanidine groups is 1. The van der Waals surface area contributed by atoms with Crippen LogP contribution < -0.4 is 15.5 Å². The van der Waals surface area contributed by atoms with Crippen LogP contribution in [0.1, 0.15) is 36.6 Å². The Hall–Kier alpha value is -2.14. The molecule has 4 rings (SSSR count). The van der Waals surface area contributed by atoms with Crippen LogP contribution in [-0.2, 0) is 11.3 Å². The molecule has 0 spiro atoms. The molecule has 2 saturated heterocycles. The van der Waals surface area contributed by atoms with Gasteiger partial charge in [0.25, 0.3) is 0 Å². The van der Waals surface area contributed by atoms with Crippen LogP contribution in [0.5, 0.6) is 0 Å². The highest BCUT2D eigenvalue weighted by Gasteiger charge is 2.31. The number of piperidine rings is 1. The van der Waals surface area contributed by atoms with Gasteiger partial charge in [-0.3, -0.25) is 14.7 Å². The Kier molecular flexibility index (Phi) is 9.13. The minimum absolute atomic E-state index is 0. The van der Waals surface area contributed by atoms with Gasteiger partial charge in [-0.25, -0.2) is 4.98 Å². The van der Waals surface area contributed by atoms with Crippen LogP contribution in [0, 0.1) is 19.8 Å². The van der Waals surface area contributed by atoms with Crippen LogP contribution >= 0.6 is 24.0 Å². The monoisotopic (exact) mass is 566 g/mol. The number of hydrogen-bond acceptors (Lipinski definition) is 5. The number of carbonyl (C=O) groups is 1. The van der Waals surface area contributed by atoms with Crippen LogP contribution in [-0.4, -0.2) is 61.0 Å². The molecular weight excluding hydrogens is 531 g/mol. The third-order valence-electron chi connectivity index (χ3n) is 6.45. The van der Waals surface area contributed by atoms with Crippen LogP contribution in [0.25, 0.3) is 0 Å². The molecule has 33 heavy (non-hydrogen) atoms. The van der Waals surface area contributed by atoms with Crippen molar-refractivity contribution in [3.05, 3.63) is 47.7 Å². The van der Waals surface area contributed by atoms with Gasteiger partial charge in [0.05, 0.1) is 18.3 Å². The average molecular weight is 566 g/mol. The Labute approximate surface area is 213 Å². The summed E-state index contributed by atoms with van der Waals surface area (Å²) in [6.07, 6.45) is 2.74. The molecular formula is C24H35IN6O2. The molecule has 0 bridgehead atoms. The minimum atomic E-state index is 0. The Morgan fingerprint density at radius 1 is 1.21 bits per heavy atom. The fourth-order valence-electron chi connectivity index (χ4n) is 4.44. The van der Waals surface area contributed by atoms with E-state index in [9.17, 15) is 4.79 Å². The Morgan fingerprint density at radius 2 is 1.94 bits per heavy atom. The van der Waals surface area contributed by atoms with Crippen molar-refractivity contribution in [1.29, 1.82) is 0 Å². The number of carbonyl (C=O) groups excluding carboxylic acids is 1. The summed E-state index contributed by atoms with van der Waals surface area (Å²) in [4.78, 5) is 25.6. The first-order valence-electron chi connectivity index (χ1n) is 11.5. The number of oxazole rings is 1. The highest BCUT2D eigenvalue weighted by Crippen LogP contribution is 2.21. The van der Waals surface area contributed by atoms with E-state index in [1.807, 2.05) is 49.1 Å². The number of aryl methyl sites for hydroxylation is 2. The number of nitrogens with zero attached hydrogens (tertiary/aromatic N) is 4. The van der Waals surface area contributed by atoms with Gasteiger partial charge in [-0.2, -0.15) is 0 Å². The Morgan fingerprint density at radius 3 is 2.58 bits per heavy atom. The summed E-state index contributed by atoms with van der Waals surface area (Å²) in [5.74, 6) is 3.24. The molecule has 8 nitrogen and oxygen atoms in total. The first-order chi connectivity index (χ1) is 15.5. The maximum absolute atomic E-state index is 12.5. The first kappa shape index (κ1) is 25.5. The first-order valence-corrected chi connectivity index (χ1v) is 11.5. The van der Waals surface area contributed by atoms with Crippen LogP contribution in [0.4, 0.5) is 5.69 Å². The van der Waals surface area contributed by atoms with Crippen molar-refractivity contribution in [3.63, 3.8) is 0 Å². The van der Waals surface area contributed by atoms with E-state index < -0.39 is 0 Å². The maximum Gasteiger partial charge on any atom is 0.229 e. The average Bonchev–Trinajstić information content (AvgIpc) is 3.33. The third-order valence-corrected chi connectivity index (χ3v) is 6.45. The maximum atomic E-state index is 12.5. The number of anilines is 1. The number of amides is 1. The Balaban J connectivity index is 0.00000306. The van der Waals surface area contributed by atoms with Crippen LogP contribution in [0.2, 0.25) is 0 Å². The number of benzene rings is 1. The van der Waals surface area contributed by atoms with Crippen molar-refractivity contribution < 1.29 is 9.21 Å². The number of para-hydroxylation sites is 1. The van der Waals surface area contributed by atoms with Crippen LogP contribution in [0.15, 0.2) is 39.7 Å². The molecule has 2 aliphatic heterocycles. The molecule has 2 fully saturated rings. The van der Waals surface area contributed by atoms with Gasteiger partial charge in [0, 0.05) is 32.2 Å². The highest BCUT2D eigenvalue weighted by molar-refractivity contribution is 14.0. The number of aliphatic imine (C=N–C) groups is 1. The molecule has 1 aromatic carbocycles. The van der Waals surface area contributed by atoms with E-state index in [-0.39, 0.29) is 35.9 Å². The fraction of sp³-hybridized carbons (Fsp3) is 0.542. The van der Waals surface area contributed by atoms with Gasteiger partial charge in [-0.15, -0.1) is 24.0 Å². The predicted molar refractivity (Wildman–Crippen MR) is 141 cm³/mol. The second kappa shape index (κ2) is 11.8. The van der Waals surface area contributed by atoms with Gasteiger partial charge in [0.15, 0.2) is 5.96 Å². The van der Waals surface area contributed by atoms with Gasteiger partial charge in [0.2, 0.25) is 11.8 Å². The van der Waals surface area contributed by atoms with Crippen molar-refractivity contribution in [2.45, 2.75) is 45.7 Å². The zero-order chi connectivity index (χ0) is 22.5. The van der Waals surface area contributed by atoms with Gasteiger partial charge in [-0.1, -0.05) is 18.2 Å². The molecule has 0 aliphatic carbocycles. The number of hydrogen-bond donors (Lipinski definition) is 2. The highest BCUT2D eigenvalue weighted by atomic mass is 127. The van der Waals surface area contributed by atoms with Crippen molar-refractivity contribution in [2.75, 3.05) is 38.1 Å². The van der Waals surface area contributed by atoms with E-state index in [0.717, 1.165) is 68.0 Å². The lowest BCUT2D eigenvalue weighted by molar-refractivity contribution is -0.117. The smallest absolute Gasteiger partial charge is 0.229 e. The zero-order valence-corrected chi connectivity index (χ0v) is 22.0. The standard InChI is InChI=1S/C24H34N6O2.HI/c1-17-18(2)32-22(27-17)16-29-11-9-19(10-12-29)14-26-24(25-3)28-20-13-23(31)30(15-20)21-7-5-4-6-8-21;/h4-8,19-20H,9-16H2,1-3H3,(H2,25,26,28);1H. The van der Waals surface area contributed by atoms with E-state index in [0.29, 0.717) is 18.9 Å². The molecule has 2 N–H and O–H groups in total. The second-order valence-corrected chi connectivity index (χ2v) is 8.81. The molecule has 180 valence electrons. The van der Waals surface area contributed by atoms with Crippen molar-refractivity contribution in [1.82, 2.24) is 20.5 Å². The summed E-state index contributed by atoms with van der Waals surface area (Å²) < 4.78 is 5.73. The van der Waals surface area contributed by atoms with E-state index in [1.54, 1.807) is 7.05 Å². The normalized spacial score (nSPS) is 20.1. The van der Waals surface area contributed by atoms with Crippen molar-refractivity contribution in [2.24, 2.45) is 10.9 Å². The predicted octanol–water partition coefficient (Wildman–Crippen LogP) is 3.09. The molecule has 1 atom stereocenters. The lowest BCUT2D eigenvalue weighted by atomic mass is 9.97. The summed E-state index contributed by atoms with van der Waals surface area (Å²) in [5, 5.41) is 6.90. The van der Waals surface area contributed by atoms with Gasteiger partial charge in [0.1, 0.15) is 5.76 Å². The van der Waals surface area contributed by atoms with E-state index in [1.165, 1.54) is 0 Å². The molecule has 0 radical (unpaired) electrons. The van der Waals surface area contributed by atoms with E-state index in [4.69, 9.17) is 4.42 Å². The molecule has 9 heteroatoms. The lowest BCUT2D eigenvalue weighted by Gasteiger charge is -2.31. The molecule has 3 heterocycles. The number of likely N-dealkylation sites (tertiary alicyclic amines) is 1. The number of rotatable bonds is 6. The summed E-state index contributed by atoms with van der Waals surface area (Å²) in [5.41, 5.74) is 1.93. The molecule has 0 saturated carbocycles. The lowest BCUT2D eigenvalue weighted by Crippen LogP contribution is -2.47. The molecule has 1 amide bonds. The van der Waals surface area contributed by atoms with E-state index in [2.05, 4.69) is 25.5 Å². The fourth-order valence-corrected chi connectivity index (χ4v) is 4.44. The largest absolute Gasteiger partial charge is 0.444 e. The van der Waals surface area contributed by atoms with Crippen molar-refractivity contribution in [3.8, 4) is 0 Å². The van der Waals surface area contributed by atoms with Gasteiger partial charge in [-0.05, 0) is 57.8 Å². The third kappa shape index (κ3) is 6.69. The number of nitrogens with one attached hydrogen (secondary N) is 2. The molecule has 2 aliphatic rings. The topological polar surface area (TPSA) is 86.0 Å². The molecule has 1 aromatic heterocycles. The number of aromatic nitrogens is 1. The second-order valence-electron chi connectivity index (χ2n) is 8.81. The van der Waals surface area contributed by atoms with Gasteiger partial charge >= 0.3 is 0 Å². The summed E-state index contributed by atoms with van der Waals surface area (Å²) in [6.45, 7) is 8.36. The molecule has 1 unspecified atom stereocenters. The summed E-state index contributed by atoms with van der Waals surface area (Å²) in [7, 11) is 1.78. The summed E-state index contributed by atoms with van der Waals surface area (Å²) in [6, 6.07) is 9.90. The minimum Gasteiger partial charge on any atom is -0.444 e. The van der Waals surface area contributed by atoms with Crippen LogP contribution in [0.3, 0.4) is 0 Å². The SMILES string of the molecule is CN=C(NCC1CCN(Cc2nc(C)c(C)o2)CC1)NC1CC(=O)N(c2ccccc2)C1.I. The molecule has 2 aromatic rings. The quantitative estimate of drug-likeness (QED) is 0.318. The summed E-state index contributed by atoms with van der Waals surface area (Å²) >= 11 is 0. The van der Waals surface area contributed by atoms with E-state index >= 15 is 0 Å². The number of halogens is 1.